The van der Waals surface area contributed by atoms with Crippen molar-refractivity contribution in [2.24, 2.45) is 0 Å². The molecule has 4 nitrogen and oxygen atoms in total. The topological polar surface area (TPSA) is 43.6 Å². The summed E-state index contributed by atoms with van der Waals surface area (Å²) in [6, 6.07) is 10.9. The fraction of sp³-hybridized carbons (Fsp3) is 0.0667. The second-order valence-corrected chi connectivity index (χ2v) is 4.66. The molecule has 3 rings (SSSR count). The Bertz CT molecular complexity index is 795. The van der Waals surface area contributed by atoms with Crippen molar-refractivity contribution in [3.63, 3.8) is 0 Å². The second kappa shape index (κ2) is 4.98. The number of esters is 1. The Morgan fingerprint density at radius 3 is 2.80 bits per heavy atom. The highest BCUT2D eigenvalue weighted by atomic mass is 35.5. The Hall–Kier alpha value is -2.33. The molecule has 0 radical (unpaired) electrons. The van der Waals surface area contributed by atoms with Gasteiger partial charge in [-0.05, 0) is 18.2 Å². The average molecular weight is 287 g/mol. The molecule has 2 heterocycles. The van der Waals surface area contributed by atoms with E-state index in [0.717, 1.165) is 5.56 Å². The number of imidazole rings is 1. The van der Waals surface area contributed by atoms with E-state index in [1.807, 2.05) is 36.7 Å². The molecular weight excluding hydrogens is 276 g/mol. The molecule has 0 saturated heterocycles. The van der Waals surface area contributed by atoms with Crippen molar-refractivity contribution in [1.82, 2.24) is 9.38 Å². The van der Waals surface area contributed by atoms with Crippen molar-refractivity contribution in [3.05, 3.63) is 59.4 Å². The first-order chi connectivity index (χ1) is 9.70. The molecule has 20 heavy (non-hydrogen) atoms. The molecule has 0 spiro atoms. The van der Waals surface area contributed by atoms with E-state index in [2.05, 4.69) is 4.98 Å². The van der Waals surface area contributed by atoms with E-state index >= 15 is 0 Å². The van der Waals surface area contributed by atoms with Crippen molar-refractivity contribution < 1.29 is 9.53 Å². The number of hydrogen-bond donors (Lipinski definition) is 0. The number of methoxy groups -OCH3 is 1. The third kappa shape index (κ3) is 2.04. The monoisotopic (exact) mass is 286 g/mol. The molecule has 0 aliphatic carbocycles. The molecule has 0 unspecified atom stereocenters. The molecule has 1 aromatic carbocycles. The van der Waals surface area contributed by atoms with Crippen LogP contribution in [0.15, 0.2) is 48.8 Å². The molecule has 0 fully saturated rings. The molecule has 5 heteroatoms. The lowest BCUT2D eigenvalue weighted by Gasteiger charge is -2.00. The summed E-state index contributed by atoms with van der Waals surface area (Å²) in [4.78, 5) is 16.2. The molecule has 0 N–H and O–H groups in total. The molecule has 0 atom stereocenters. The number of carbonyl (C=O) groups is 1. The first-order valence-electron chi connectivity index (χ1n) is 6.01. The van der Waals surface area contributed by atoms with Gasteiger partial charge in [0.15, 0.2) is 5.65 Å². The Morgan fingerprint density at radius 1 is 1.25 bits per heavy atom. The summed E-state index contributed by atoms with van der Waals surface area (Å²) in [5, 5.41) is 0.621. The van der Waals surface area contributed by atoms with Crippen LogP contribution < -0.4 is 0 Å². The van der Waals surface area contributed by atoms with Gasteiger partial charge in [-0.15, -0.1) is 0 Å². The van der Waals surface area contributed by atoms with E-state index in [4.69, 9.17) is 16.3 Å². The summed E-state index contributed by atoms with van der Waals surface area (Å²) >= 11 is 6.18. The quantitative estimate of drug-likeness (QED) is 0.678. The van der Waals surface area contributed by atoms with Crippen LogP contribution in [0.2, 0.25) is 5.02 Å². The van der Waals surface area contributed by atoms with Gasteiger partial charge in [0.05, 0.1) is 17.8 Å². The smallest absolute Gasteiger partial charge is 0.341 e. The molecule has 3 aromatic rings. The number of pyridine rings is 1. The van der Waals surface area contributed by atoms with Crippen LogP contribution in [0.1, 0.15) is 10.4 Å². The van der Waals surface area contributed by atoms with E-state index in [-0.39, 0.29) is 0 Å². The number of hydrogen-bond acceptors (Lipinski definition) is 3. The maximum Gasteiger partial charge on any atom is 0.341 e. The number of carbonyl (C=O) groups excluding carboxylic acids is 1. The predicted molar refractivity (Wildman–Crippen MR) is 77.0 cm³/mol. The van der Waals surface area contributed by atoms with E-state index in [9.17, 15) is 4.79 Å². The van der Waals surface area contributed by atoms with Crippen LogP contribution in [0, 0.1) is 0 Å². The number of halogens is 1. The van der Waals surface area contributed by atoms with Crippen molar-refractivity contribution in [3.8, 4) is 11.3 Å². The lowest BCUT2D eigenvalue weighted by Crippen LogP contribution is -2.03. The Balaban J connectivity index is 2.21. The molecule has 100 valence electrons. The van der Waals surface area contributed by atoms with Crippen molar-refractivity contribution in [2.75, 3.05) is 7.11 Å². The van der Waals surface area contributed by atoms with Gasteiger partial charge in [0.25, 0.3) is 0 Å². The third-order valence-electron chi connectivity index (χ3n) is 3.04. The lowest BCUT2D eigenvalue weighted by molar-refractivity contribution is 0.0602. The number of ether oxygens (including phenoxy) is 1. The van der Waals surface area contributed by atoms with Gasteiger partial charge in [0.1, 0.15) is 5.56 Å². The maximum absolute atomic E-state index is 11.7. The van der Waals surface area contributed by atoms with Crippen LogP contribution in [-0.4, -0.2) is 22.5 Å². The van der Waals surface area contributed by atoms with Gasteiger partial charge in [-0.3, -0.25) is 0 Å². The van der Waals surface area contributed by atoms with Gasteiger partial charge in [0.2, 0.25) is 0 Å². The summed E-state index contributed by atoms with van der Waals surface area (Å²) in [6.07, 6.45) is 3.66. The van der Waals surface area contributed by atoms with Gasteiger partial charge in [-0.1, -0.05) is 29.8 Å². The minimum Gasteiger partial charge on any atom is -0.465 e. The summed E-state index contributed by atoms with van der Waals surface area (Å²) in [5.74, 6) is -0.410. The fourth-order valence-electron chi connectivity index (χ4n) is 2.08. The summed E-state index contributed by atoms with van der Waals surface area (Å²) in [7, 11) is 1.35. The molecule has 0 saturated carbocycles. The average Bonchev–Trinajstić information content (AvgIpc) is 2.90. The highest BCUT2D eigenvalue weighted by Crippen LogP contribution is 2.27. The molecular formula is C15H11ClN2O2. The normalized spacial score (nSPS) is 10.7. The SMILES string of the molecule is COC(=O)c1cccn2cc(-c3ccccc3Cl)nc12. The number of aromatic nitrogens is 2. The lowest BCUT2D eigenvalue weighted by atomic mass is 10.2. The largest absolute Gasteiger partial charge is 0.465 e. The van der Waals surface area contributed by atoms with Crippen molar-refractivity contribution in [1.29, 1.82) is 0 Å². The standard InChI is InChI=1S/C15H11ClN2O2/c1-20-15(19)11-6-4-8-18-9-13(17-14(11)18)10-5-2-3-7-12(10)16/h2-9H,1H3. The van der Waals surface area contributed by atoms with Crippen LogP contribution in [0.3, 0.4) is 0 Å². The van der Waals surface area contributed by atoms with E-state index in [1.165, 1.54) is 7.11 Å². The molecule has 0 bridgehead atoms. The van der Waals surface area contributed by atoms with Crippen LogP contribution in [0.4, 0.5) is 0 Å². The zero-order chi connectivity index (χ0) is 14.1. The molecule has 0 amide bonds. The Morgan fingerprint density at radius 2 is 2.05 bits per heavy atom. The number of fused-ring (bicyclic) bond motifs is 1. The molecule has 0 aliphatic rings. The molecule has 0 aliphatic heterocycles. The van der Waals surface area contributed by atoms with Gasteiger partial charge in [0, 0.05) is 18.0 Å². The van der Waals surface area contributed by atoms with Crippen LogP contribution in [0.25, 0.3) is 16.9 Å². The van der Waals surface area contributed by atoms with Crippen molar-refractivity contribution >= 4 is 23.2 Å². The second-order valence-electron chi connectivity index (χ2n) is 4.25. The minimum absolute atomic E-state index is 0.410. The van der Waals surface area contributed by atoms with Crippen molar-refractivity contribution in [2.45, 2.75) is 0 Å². The van der Waals surface area contributed by atoms with Crippen LogP contribution >= 0.6 is 11.6 Å². The first-order valence-corrected chi connectivity index (χ1v) is 6.39. The molecule has 2 aromatic heterocycles. The summed E-state index contributed by atoms with van der Waals surface area (Å²) < 4.78 is 6.55. The highest BCUT2D eigenvalue weighted by Gasteiger charge is 2.14. The predicted octanol–water partition coefficient (Wildman–Crippen LogP) is 3.44. The number of benzene rings is 1. The third-order valence-corrected chi connectivity index (χ3v) is 3.37. The number of nitrogens with zero attached hydrogens (tertiary/aromatic N) is 2. The van der Waals surface area contributed by atoms with E-state index < -0.39 is 5.97 Å². The maximum atomic E-state index is 11.7. The highest BCUT2D eigenvalue weighted by molar-refractivity contribution is 6.33. The first kappa shape index (κ1) is 12.7. The summed E-state index contributed by atoms with van der Waals surface area (Å²) in [6.45, 7) is 0. The minimum atomic E-state index is -0.410. The fourth-order valence-corrected chi connectivity index (χ4v) is 2.31. The van der Waals surface area contributed by atoms with Crippen LogP contribution in [0.5, 0.6) is 0 Å². The van der Waals surface area contributed by atoms with Gasteiger partial charge < -0.3 is 9.14 Å². The zero-order valence-corrected chi connectivity index (χ0v) is 11.5. The zero-order valence-electron chi connectivity index (χ0n) is 10.7. The number of rotatable bonds is 2. The van der Waals surface area contributed by atoms with Crippen LogP contribution in [-0.2, 0) is 4.74 Å². The van der Waals surface area contributed by atoms with Gasteiger partial charge in [-0.2, -0.15) is 0 Å². The van der Waals surface area contributed by atoms with Gasteiger partial charge in [-0.25, -0.2) is 9.78 Å². The van der Waals surface area contributed by atoms with E-state index in [1.54, 1.807) is 16.5 Å². The Kier molecular flexibility index (Phi) is 3.16. The Labute approximate surface area is 120 Å². The van der Waals surface area contributed by atoms with E-state index in [0.29, 0.717) is 21.9 Å². The van der Waals surface area contributed by atoms with Gasteiger partial charge >= 0.3 is 5.97 Å². The summed E-state index contributed by atoms with van der Waals surface area (Å²) in [5.41, 5.74) is 2.52.